The van der Waals surface area contributed by atoms with Crippen LogP contribution in [0, 0.1) is 6.92 Å². The molecule has 25 heavy (non-hydrogen) atoms. The first-order chi connectivity index (χ1) is 12.3. The van der Waals surface area contributed by atoms with Crippen molar-refractivity contribution >= 4 is 33.3 Å². The summed E-state index contributed by atoms with van der Waals surface area (Å²) in [4.78, 5) is 9.76. The molecule has 0 saturated heterocycles. The zero-order valence-electron chi connectivity index (χ0n) is 14.0. The average molecular weight is 368 g/mol. The van der Waals surface area contributed by atoms with Crippen LogP contribution in [0.3, 0.4) is 0 Å². The first-order valence-electron chi connectivity index (χ1n) is 8.12. The number of nitrogens with zero attached hydrogens (tertiary/aromatic N) is 5. The van der Waals surface area contributed by atoms with Gasteiger partial charge in [0.1, 0.15) is 16.2 Å². The Morgan fingerprint density at radius 2 is 2.08 bits per heavy atom. The fraction of sp³-hybridized carbons (Fsp3) is 0.222. The lowest BCUT2D eigenvalue weighted by Crippen LogP contribution is -2.02. The fourth-order valence-electron chi connectivity index (χ4n) is 2.72. The molecule has 0 fully saturated rings. The summed E-state index contributed by atoms with van der Waals surface area (Å²) in [6.07, 6.45) is 2.63. The number of aryl methyl sites for hydroxylation is 1. The van der Waals surface area contributed by atoms with Crippen LogP contribution in [0.2, 0.25) is 0 Å². The molecule has 0 N–H and O–H groups in total. The summed E-state index contributed by atoms with van der Waals surface area (Å²) < 4.78 is 2.18. The number of aromatic nitrogens is 5. The van der Waals surface area contributed by atoms with Crippen LogP contribution in [0.15, 0.2) is 52.2 Å². The van der Waals surface area contributed by atoms with Crippen molar-refractivity contribution in [1.82, 2.24) is 24.7 Å². The number of hydrogen-bond acceptors (Lipinski definition) is 6. The van der Waals surface area contributed by atoms with Gasteiger partial charge in [-0.25, -0.2) is 9.97 Å². The maximum atomic E-state index is 4.46. The molecule has 0 atom stereocenters. The second kappa shape index (κ2) is 6.93. The number of benzene rings is 1. The summed E-state index contributed by atoms with van der Waals surface area (Å²) in [5.41, 5.74) is 2.31. The zero-order chi connectivity index (χ0) is 17.2. The molecule has 0 radical (unpaired) electrons. The molecule has 0 bridgehead atoms. The summed E-state index contributed by atoms with van der Waals surface area (Å²) in [5.74, 6) is 0.906. The highest BCUT2D eigenvalue weighted by Crippen LogP contribution is 2.33. The van der Waals surface area contributed by atoms with Crippen LogP contribution in [0.4, 0.5) is 0 Å². The van der Waals surface area contributed by atoms with E-state index >= 15 is 0 Å². The summed E-state index contributed by atoms with van der Waals surface area (Å²) >= 11 is 3.18. The van der Waals surface area contributed by atoms with Crippen LogP contribution in [0.1, 0.15) is 18.9 Å². The molecule has 7 heteroatoms. The zero-order valence-corrected chi connectivity index (χ0v) is 15.6. The maximum Gasteiger partial charge on any atom is 0.197 e. The molecule has 0 aliphatic rings. The third-order valence-corrected chi connectivity index (χ3v) is 5.68. The van der Waals surface area contributed by atoms with Crippen LogP contribution in [0.5, 0.6) is 0 Å². The molecule has 1 aromatic carbocycles. The topological polar surface area (TPSA) is 56.5 Å². The number of rotatable bonds is 5. The van der Waals surface area contributed by atoms with Gasteiger partial charge in [-0.1, -0.05) is 30.7 Å². The van der Waals surface area contributed by atoms with Gasteiger partial charge in [0.25, 0.3) is 0 Å². The Labute approximate surface area is 154 Å². The molecule has 0 amide bonds. The standard InChI is InChI=1S/C18H17N5S2/c1-3-8-23-15(13-6-4-5-12(2)10-13)21-22-18(23)25-17-14-7-9-24-16(14)19-11-20-17/h4-7,9-11H,3,8H2,1-2H3. The normalized spacial score (nSPS) is 11.3. The minimum atomic E-state index is 0.865. The van der Waals surface area contributed by atoms with Crippen molar-refractivity contribution in [2.24, 2.45) is 0 Å². The third-order valence-electron chi connectivity index (χ3n) is 3.85. The maximum absolute atomic E-state index is 4.46. The van der Waals surface area contributed by atoms with Crippen molar-refractivity contribution in [3.63, 3.8) is 0 Å². The molecule has 0 aliphatic carbocycles. The number of thiophene rings is 1. The van der Waals surface area contributed by atoms with Gasteiger partial charge >= 0.3 is 0 Å². The van der Waals surface area contributed by atoms with Crippen molar-refractivity contribution in [1.29, 1.82) is 0 Å². The van der Waals surface area contributed by atoms with Crippen LogP contribution >= 0.6 is 23.1 Å². The molecule has 126 valence electrons. The highest BCUT2D eigenvalue weighted by molar-refractivity contribution is 7.99. The van der Waals surface area contributed by atoms with Crippen molar-refractivity contribution < 1.29 is 0 Å². The second-order valence-corrected chi connectivity index (χ2v) is 7.60. The van der Waals surface area contributed by atoms with Gasteiger partial charge in [-0.15, -0.1) is 21.5 Å². The van der Waals surface area contributed by atoms with Gasteiger partial charge in [-0.3, -0.25) is 0 Å². The molecule has 5 nitrogen and oxygen atoms in total. The highest BCUT2D eigenvalue weighted by atomic mass is 32.2. The third kappa shape index (κ3) is 3.17. The molecule has 4 aromatic rings. The van der Waals surface area contributed by atoms with Crippen molar-refractivity contribution in [2.75, 3.05) is 0 Å². The van der Waals surface area contributed by atoms with E-state index in [0.717, 1.165) is 44.8 Å². The Kier molecular flexibility index (Phi) is 4.50. The van der Waals surface area contributed by atoms with E-state index < -0.39 is 0 Å². The van der Waals surface area contributed by atoms with Crippen LogP contribution in [-0.4, -0.2) is 24.7 Å². The van der Waals surface area contributed by atoms with Gasteiger partial charge in [0.05, 0.1) is 0 Å². The smallest absolute Gasteiger partial charge is 0.197 e. The molecule has 3 heterocycles. The van der Waals surface area contributed by atoms with E-state index in [2.05, 4.69) is 68.9 Å². The minimum Gasteiger partial charge on any atom is -0.302 e. The summed E-state index contributed by atoms with van der Waals surface area (Å²) in [7, 11) is 0. The Bertz CT molecular complexity index is 1020. The Morgan fingerprint density at radius 1 is 1.16 bits per heavy atom. The average Bonchev–Trinajstić information content (AvgIpc) is 3.23. The SMILES string of the molecule is CCCn1c(Sc2ncnc3sccc23)nnc1-c1cccc(C)c1. The van der Waals surface area contributed by atoms with Gasteiger partial charge in [0.2, 0.25) is 0 Å². The van der Waals surface area contributed by atoms with Crippen molar-refractivity contribution in [3.05, 3.63) is 47.6 Å². The van der Waals surface area contributed by atoms with E-state index in [1.54, 1.807) is 29.4 Å². The van der Waals surface area contributed by atoms with Crippen LogP contribution in [-0.2, 0) is 6.54 Å². The number of fused-ring (bicyclic) bond motifs is 1. The summed E-state index contributed by atoms with van der Waals surface area (Å²) in [6.45, 7) is 5.13. The van der Waals surface area contributed by atoms with E-state index in [0.29, 0.717) is 0 Å². The molecule has 0 aliphatic heterocycles. The lowest BCUT2D eigenvalue weighted by atomic mass is 10.1. The predicted octanol–water partition coefficient (Wildman–Crippen LogP) is 4.82. The van der Waals surface area contributed by atoms with Gasteiger partial charge in [0, 0.05) is 17.5 Å². The molecule has 0 spiro atoms. The summed E-state index contributed by atoms with van der Waals surface area (Å²) in [6, 6.07) is 10.4. The first kappa shape index (κ1) is 16.2. The van der Waals surface area contributed by atoms with Gasteiger partial charge in [-0.2, -0.15) is 0 Å². The second-order valence-electron chi connectivity index (χ2n) is 5.75. The van der Waals surface area contributed by atoms with E-state index in [9.17, 15) is 0 Å². The minimum absolute atomic E-state index is 0.865. The summed E-state index contributed by atoms with van der Waals surface area (Å²) in [5, 5.41) is 13.8. The van der Waals surface area contributed by atoms with Gasteiger partial charge < -0.3 is 4.57 Å². The fourth-order valence-corrected chi connectivity index (χ4v) is 4.44. The largest absolute Gasteiger partial charge is 0.302 e. The monoisotopic (exact) mass is 367 g/mol. The molecular weight excluding hydrogens is 350 g/mol. The Hall–Kier alpha value is -2.25. The molecule has 4 rings (SSSR count). The number of hydrogen-bond donors (Lipinski definition) is 0. The van der Waals surface area contributed by atoms with E-state index in [-0.39, 0.29) is 0 Å². The molecule has 3 aromatic heterocycles. The lowest BCUT2D eigenvalue weighted by Gasteiger charge is -2.09. The quantitative estimate of drug-likeness (QED) is 0.473. The van der Waals surface area contributed by atoms with E-state index in [1.807, 2.05) is 5.38 Å². The lowest BCUT2D eigenvalue weighted by molar-refractivity contribution is 0.626. The van der Waals surface area contributed by atoms with Crippen molar-refractivity contribution in [3.8, 4) is 11.4 Å². The Balaban J connectivity index is 1.76. The molecular formula is C18H17N5S2. The molecule has 0 unspecified atom stereocenters. The first-order valence-corrected chi connectivity index (χ1v) is 9.82. The predicted molar refractivity (Wildman–Crippen MR) is 102 cm³/mol. The molecule has 0 saturated carbocycles. The van der Waals surface area contributed by atoms with Gasteiger partial charge in [0.15, 0.2) is 11.0 Å². The Morgan fingerprint density at radius 3 is 2.92 bits per heavy atom. The van der Waals surface area contributed by atoms with E-state index in [1.165, 1.54) is 5.56 Å². The van der Waals surface area contributed by atoms with Gasteiger partial charge in [-0.05, 0) is 42.6 Å². The van der Waals surface area contributed by atoms with Crippen molar-refractivity contribution in [2.45, 2.75) is 37.0 Å². The van der Waals surface area contributed by atoms with Crippen LogP contribution in [0.25, 0.3) is 21.6 Å². The van der Waals surface area contributed by atoms with E-state index in [4.69, 9.17) is 0 Å². The van der Waals surface area contributed by atoms with Crippen LogP contribution < -0.4 is 0 Å². The highest BCUT2D eigenvalue weighted by Gasteiger charge is 2.16.